The quantitative estimate of drug-likeness (QED) is 0.367. The summed E-state index contributed by atoms with van der Waals surface area (Å²) in [6.07, 6.45) is 0. The summed E-state index contributed by atoms with van der Waals surface area (Å²) in [6, 6.07) is 31.3. The highest BCUT2D eigenvalue weighted by molar-refractivity contribution is 5.97. The van der Waals surface area contributed by atoms with Crippen LogP contribution in [0.25, 0.3) is 39.1 Å². The van der Waals surface area contributed by atoms with Crippen LogP contribution < -0.4 is 0 Å². The molecule has 0 atom stereocenters. The molecule has 0 aliphatic heterocycles. The Balaban J connectivity index is 1.88. The maximum absolute atomic E-state index is 5.07. The zero-order valence-corrected chi connectivity index (χ0v) is 16.5. The second-order valence-corrected chi connectivity index (χ2v) is 7.27. The largest absolute Gasteiger partial charge is 0.228 e. The van der Waals surface area contributed by atoms with Crippen molar-refractivity contribution < 1.29 is 0 Å². The molecule has 0 aliphatic rings. The van der Waals surface area contributed by atoms with Gasteiger partial charge in [0.1, 0.15) is 0 Å². The van der Waals surface area contributed by atoms with E-state index < -0.39 is 0 Å². The van der Waals surface area contributed by atoms with E-state index in [4.69, 9.17) is 10.1 Å². The molecule has 0 aliphatic carbocycles. The Kier molecular flexibility index (Phi) is 4.21. The third-order valence-electron chi connectivity index (χ3n) is 5.31. The minimum atomic E-state index is 0.886. The highest BCUT2D eigenvalue weighted by atomic mass is 15.3. The first kappa shape index (κ1) is 17.4. The number of hydrogen-bond donors (Lipinski definition) is 0. The standard InChI is InChI=1S/C26H21N3/c1-18-11-9-10-16-24(18)29-26-25(19(2)28-29)22(20-12-5-3-6-13-20)17-23(27-26)21-14-7-4-8-15-21/h3-17H,1-2H3. The molecule has 0 fully saturated rings. The molecule has 0 spiro atoms. The van der Waals surface area contributed by atoms with Gasteiger partial charge < -0.3 is 0 Å². The van der Waals surface area contributed by atoms with E-state index in [2.05, 4.69) is 74.5 Å². The average Bonchev–Trinajstić information content (AvgIpc) is 3.11. The lowest BCUT2D eigenvalue weighted by atomic mass is 9.99. The molecule has 3 heteroatoms. The smallest absolute Gasteiger partial charge is 0.164 e. The van der Waals surface area contributed by atoms with Crippen LogP contribution in [-0.2, 0) is 0 Å². The van der Waals surface area contributed by atoms with E-state index in [1.54, 1.807) is 0 Å². The maximum Gasteiger partial charge on any atom is 0.164 e. The Labute approximate surface area is 170 Å². The molecule has 0 saturated heterocycles. The number of pyridine rings is 1. The second-order valence-electron chi connectivity index (χ2n) is 7.27. The van der Waals surface area contributed by atoms with Crippen molar-refractivity contribution >= 4 is 11.0 Å². The minimum Gasteiger partial charge on any atom is -0.228 e. The predicted octanol–water partition coefficient (Wildman–Crippen LogP) is 6.37. The molecular weight excluding hydrogens is 354 g/mol. The highest BCUT2D eigenvalue weighted by Gasteiger charge is 2.18. The number of benzene rings is 3. The maximum atomic E-state index is 5.07. The number of para-hydroxylation sites is 1. The van der Waals surface area contributed by atoms with Crippen LogP contribution in [0.4, 0.5) is 0 Å². The number of fused-ring (bicyclic) bond motifs is 1. The number of hydrogen-bond acceptors (Lipinski definition) is 2. The lowest BCUT2D eigenvalue weighted by Gasteiger charge is -2.11. The van der Waals surface area contributed by atoms with Crippen molar-refractivity contribution in [3.8, 4) is 28.1 Å². The third-order valence-corrected chi connectivity index (χ3v) is 5.31. The number of rotatable bonds is 3. The van der Waals surface area contributed by atoms with Crippen LogP contribution in [0.1, 0.15) is 11.3 Å². The molecule has 2 aromatic heterocycles. The van der Waals surface area contributed by atoms with Gasteiger partial charge in [-0.25, -0.2) is 9.67 Å². The molecule has 0 N–H and O–H groups in total. The highest BCUT2D eigenvalue weighted by Crippen LogP contribution is 2.35. The lowest BCUT2D eigenvalue weighted by Crippen LogP contribution is -2.01. The van der Waals surface area contributed by atoms with E-state index in [1.165, 1.54) is 11.1 Å². The van der Waals surface area contributed by atoms with Crippen LogP contribution in [0, 0.1) is 13.8 Å². The van der Waals surface area contributed by atoms with Gasteiger partial charge in [-0.1, -0.05) is 78.9 Å². The molecule has 0 saturated carbocycles. The van der Waals surface area contributed by atoms with Crippen molar-refractivity contribution in [2.24, 2.45) is 0 Å². The summed E-state index contributed by atoms with van der Waals surface area (Å²) in [5.74, 6) is 0. The zero-order chi connectivity index (χ0) is 19.8. The van der Waals surface area contributed by atoms with Crippen LogP contribution >= 0.6 is 0 Å². The van der Waals surface area contributed by atoms with Crippen molar-refractivity contribution in [3.05, 3.63) is 102 Å². The fourth-order valence-corrected chi connectivity index (χ4v) is 3.86. The molecule has 3 nitrogen and oxygen atoms in total. The fraction of sp³-hybridized carbons (Fsp3) is 0.0769. The van der Waals surface area contributed by atoms with Gasteiger partial charge in [-0.05, 0) is 42.7 Å². The van der Waals surface area contributed by atoms with E-state index in [1.807, 2.05) is 35.0 Å². The van der Waals surface area contributed by atoms with Gasteiger partial charge in [0, 0.05) is 5.56 Å². The molecule has 2 heterocycles. The summed E-state index contributed by atoms with van der Waals surface area (Å²) in [6.45, 7) is 4.17. The van der Waals surface area contributed by atoms with Gasteiger partial charge in [0.25, 0.3) is 0 Å². The van der Waals surface area contributed by atoms with Gasteiger partial charge in [-0.15, -0.1) is 0 Å². The van der Waals surface area contributed by atoms with Crippen LogP contribution in [0.15, 0.2) is 91.0 Å². The minimum absolute atomic E-state index is 0.886. The lowest BCUT2D eigenvalue weighted by molar-refractivity contribution is 0.871. The number of nitrogens with zero attached hydrogens (tertiary/aromatic N) is 3. The zero-order valence-electron chi connectivity index (χ0n) is 16.5. The monoisotopic (exact) mass is 375 g/mol. The molecule has 29 heavy (non-hydrogen) atoms. The van der Waals surface area contributed by atoms with Crippen LogP contribution in [-0.4, -0.2) is 14.8 Å². The molecule has 0 bridgehead atoms. The summed E-state index contributed by atoms with van der Waals surface area (Å²) in [5.41, 5.74) is 8.48. The van der Waals surface area contributed by atoms with Gasteiger partial charge in [-0.2, -0.15) is 5.10 Å². The van der Waals surface area contributed by atoms with E-state index in [-0.39, 0.29) is 0 Å². The van der Waals surface area contributed by atoms with E-state index in [0.717, 1.165) is 39.2 Å². The summed E-state index contributed by atoms with van der Waals surface area (Å²) in [5, 5.41) is 5.99. The summed E-state index contributed by atoms with van der Waals surface area (Å²) in [7, 11) is 0. The topological polar surface area (TPSA) is 30.7 Å². The third kappa shape index (κ3) is 3.01. The Morgan fingerprint density at radius 2 is 1.31 bits per heavy atom. The summed E-state index contributed by atoms with van der Waals surface area (Å²) >= 11 is 0. The normalized spacial score (nSPS) is 11.1. The molecule has 0 unspecified atom stereocenters. The molecule has 0 amide bonds. The first-order valence-corrected chi connectivity index (χ1v) is 9.79. The first-order chi connectivity index (χ1) is 14.2. The molecular formula is C26H21N3. The van der Waals surface area contributed by atoms with Gasteiger partial charge in [-0.3, -0.25) is 0 Å². The van der Waals surface area contributed by atoms with Crippen molar-refractivity contribution in [1.82, 2.24) is 14.8 Å². The van der Waals surface area contributed by atoms with Gasteiger partial charge in [0.2, 0.25) is 0 Å². The molecule has 140 valence electrons. The van der Waals surface area contributed by atoms with Crippen molar-refractivity contribution in [2.75, 3.05) is 0 Å². The predicted molar refractivity (Wildman–Crippen MR) is 119 cm³/mol. The molecule has 0 radical (unpaired) electrons. The Morgan fingerprint density at radius 3 is 2.00 bits per heavy atom. The van der Waals surface area contributed by atoms with E-state index >= 15 is 0 Å². The van der Waals surface area contributed by atoms with Gasteiger partial charge in [0.15, 0.2) is 5.65 Å². The van der Waals surface area contributed by atoms with Crippen LogP contribution in [0.5, 0.6) is 0 Å². The van der Waals surface area contributed by atoms with Gasteiger partial charge >= 0.3 is 0 Å². The fourth-order valence-electron chi connectivity index (χ4n) is 3.86. The van der Waals surface area contributed by atoms with E-state index in [0.29, 0.717) is 0 Å². The van der Waals surface area contributed by atoms with Gasteiger partial charge in [0.05, 0.1) is 22.5 Å². The Hall–Kier alpha value is -3.72. The van der Waals surface area contributed by atoms with Crippen molar-refractivity contribution in [1.29, 1.82) is 0 Å². The van der Waals surface area contributed by atoms with Crippen molar-refractivity contribution in [2.45, 2.75) is 13.8 Å². The molecule has 5 aromatic rings. The van der Waals surface area contributed by atoms with Crippen LogP contribution in [0.3, 0.4) is 0 Å². The van der Waals surface area contributed by atoms with Crippen molar-refractivity contribution in [3.63, 3.8) is 0 Å². The Morgan fingerprint density at radius 1 is 0.690 bits per heavy atom. The number of aromatic nitrogens is 3. The second kappa shape index (κ2) is 7.02. The summed E-state index contributed by atoms with van der Waals surface area (Å²) < 4.78 is 1.98. The van der Waals surface area contributed by atoms with E-state index in [9.17, 15) is 0 Å². The Bertz CT molecular complexity index is 1300. The molecule has 5 rings (SSSR count). The SMILES string of the molecule is Cc1ccccc1-n1nc(C)c2c(-c3ccccc3)cc(-c3ccccc3)nc21. The average molecular weight is 375 g/mol. The van der Waals surface area contributed by atoms with Crippen LogP contribution in [0.2, 0.25) is 0 Å². The summed E-state index contributed by atoms with van der Waals surface area (Å²) in [4.78, 5) is 5.07. The first-order valence-electron chi connectivity index (χ1n) is 9.79. The molecule has 3 aromatic carbocycles. The number of aryl methyl sites for hydroxylation is 2.